The number of aliphatic hydroxyl groups is 1. The fourth-order valence-electron chi connectivity index (χ4n) is 2.06. The maximum Gasteiger partial charge on any atom is 0.0555 e. The van der Waals surface area contributed by atoms with Crippen molar-refractivity contribution in [3.05, 3.63) is 60.2 Å². The average molecular weight is 306 g/mol. The molecule has 0 aliphatic heterocycles. The molecule has 0 radical (unpaired) electrons. The molecule has 0 aliphatic rings. The van der Waals surface area contributed by atoms with Gasteiger partial charge in [0.05, 0.1) is 6.61 Å². The second-order valence-corrected chi connectivity index (χ2v) is 4.71. The van der Waals surface area contributed by atoms with Crippen LogP contribution in [0.2, 0.25) is 0 Å². The number of nitrogens with one attached hydrogen (secondary N) is 2. The summed E-state index contributed by atoms with van der Waals surface area (Å²) >= 11 is 0. The highest BCUT2D eigenvalue weighted by Crippen LogP contribution is 2.18. The second kappa shape index (κ2) is 10.4. The number of benzene rings is 2. The van der Waals surface area contributed by atoms with Crippen molar-refractivity contribution < 1.29 is 17.5 Å². The summed E-state index contributed by atoms with van der Waals surface area (Å²) in [5.41, 5.74) is 3.78. The molecule has 0 bridgehead atoms. The van der Waals surface area contributed by atoms with Crippen LogP contribution >= 0.6 is 0 Å². The van der Waals surface area contributed by atoms with Crippen LogP contribution in [-0.2, 0) is 6.54 Å². The maximum atomic E-state index is 8.64. The van der Waals surface area contributed by atoms with E-state index in [1.54, 1.807) is 0 Å². The maximum absolute atomic E-state index is 8.64. The van der Waals surface area contributed by atoms with Crippen molar-refractivity contribution in [2.24, 2.45) is 0 Å². The van der Waals surface area contributed by atoms with E-state index in [0.717, 1.165) is 19.6 Å². The molecule has 4 heteroatoms. The Balaban J connectivity index is 0.00000220. The van der Waals surface area contributed by atoms with E-state index in [0.29, 0.717) is 6.54 Å². The zero-order chi connectivity index (χ0) is 14.0. The van der Waals surface area contributed by atoms with Gasteiger partial charge in [0.25, 0.3) is 0 Å². The molecular weight excluding hydrogens is 284 g/mol. The summed E-state index contributed by atoms with van der Waals surface area (Å²) < 4.78 is 0. The van der Waals surface area contributed by atoms with E-state index in [2.05, 4.69) is 59.2 Å². The lowest BCUT2D eigenvalue weighted by molar-refractivity contribution is -0.00000511. The van der Waals surface area contributed by atoms with E-state index in [1.165, 1.54) is 16.7 Å². The van der Waals surface area contributed by atoms with Gasteiger partial charge in [-0.2, -0.15) is 0 Å². The molecule has 0 saturated heterocycles. The van der Waals surface area contributed by atoms with Crippen LogP contribution in [0.1, 0.15) is 5.56 Å². The molecule has 0 aliphatic carbocycles. The van der Waals surface area contributed by atoms with Crippen LogP contribution in [-0.4, -0.2) is 31.3 Å². The Morgan fingerprint density at radius 2 is 1.33 bits per heavy atom. The molecule has 0 amide bonds. The third-order valence-corrected chi connectivity index (χ3v) is 3.16. The van der Waals surface area contributed by atoms with Gasteiger partial charge in [-0.3, -0.25) is 0 Å². The Labute approximate surface area is 132 Å². The molecule has 0 fully saturated rings. The van der Waals surface area contributed by atoms with E-state index in [-0.39, 0.29) is 19.0 Å². The van der Waals surface area contributed by atoms with Crippen LogP contribution in [0.15, 0.2) is 54.6 Å². The van der Waals surface area contributed by atoms with E-state index >= 15 is 0 Å². The monoisotopic (exact) mass is 305 g/mol. The number of hydrogen-bond acceptors (Lipinski definition) is 3. The Bertz CT molecular complexity index is 488. The first-order chi connectivity index (χ1) is 9.90. The van der Waals surface area contributed by atoms with Crippen LogP contribution in [0.4, 0.5) is 0 Å². The summed E-state index contributed by atoms with van der Waals surface area (Å²) in [7, 11) is 0. The first-order valence-electron chi connectivity index (χ1n) is 7.07. The Kier molecular flexibility index (Phi) is 8.71. The van der Waals surface area contributed by atoms with Gasteiger partial charge in [0, 0.05) is 26.2 Å². The van der Waals surface area contributed by atoms with Gasteiger partial charge in [-0.05, 0) is 16.7 Å². The average Bonchev–Trinajstić information content (AvgIpc) is 2.52. The van der Waals surface area contributed by atoms with Crippen LogP contribution in [0.5, 0.6) is 0 Å². The number of halogens is 1. The Morgan fingerprint density at radius 3 is 2.00 bits per heavy atom. The molecule has 21 heavy (non-hydrogen) atoms. The quantitative estimate of drug-likeness (QED) is 0.550. The smallest absolute Gasteiger partial charge is 0.0555 e. The van der Waals surface area contributed by atoms with Gasteiger partial charge in [0.2, 0.25) is 0 Å². The number of rotatable bonds is 8. The molecule has 2 aromatic carbocycles. The van der Waals surface area contributed by atoms with E-state index < -0.39 is 0 Å². The van der Waals surface area contributed by atoms with Gasteiger partial charge in [-0.25, -0.2) is 0 Å². The topological polar surface area (TPSA) is 44.3 Å². The van der Waals surface area contributed by atoms with Gasteiger partial charge in [0.1, 0.15) is 0 Å². The first-order valence-corrected chi connectivity index (χ1v) is 7.07. The zero-order valence-corrected chi connectivity index (χ0v) is 12.8. The minimum absolute atomic E-state index is 0. The van der Waals surface area contributed by atoms with Crippen molar-refractivity contribution >= 4 is 0 Å². The van der Waals surface area contributed by atoms with Crippen LogP contribution < -0.4 is 23.0 Å². The van der Waals surface area contributed by atoms with E-state index in [4.69, 9.17) is 5.11 Å². The van der Waals surface area contributed by atoms with Gasteiger partial charge in [-0.1, -0.05) is 54.6 Å². The van der Waals surface area contributed by atoms with Gasteiger partial charge in [-0.15, -0.1) is 0 Å². The SMILES string of the molecule is OCCNCCNCc1ccc(-c2ccccc2)cc1.[Cl-]. The molecule has 2 rings (SSSR count). The molecule has 0 atom stereocenters. The Hall–Kier alpha value is -1.39. The summed E-state index contributed by atoms with van der Waals surface area (Å²) in [4.78, 5) is 0. The van der Waals surface area contributed by atoms with Crippen LogP contribution in [0, 0.1) is 0 Å². The number of hydrogen-bond donors (Lipinski definition) is 3. The molecule has 0 aromatic heterocycles. The fourth-order valence-corrected chi connectivity index (χ4v) is 2.06. The van der Waals surface area contributed by atoms with E-state index in [1.807, 2.05) is 6.07 Å². The highest BCUT2D eigenvalue weighted by atomic mass is 35.5. The van der Waals surface area contributed by atoms with Crippen molar-refractivity contribution in [2.45, 2.75) is 6.54 Å². The standard InChI is InChI=1S/C17H22N2O.ClH/c20-13-12-18-10-11-19-14-15-6-8-17(9-7-15)16-4-2-1-3-5-16;/h1-9,18-20H,10-14H2;1H/p-1. The largest absolute Gasteiger partial charge is 1.00 e. The zero-order valence-electron chi connectivity index (χ0n) is 12.1. The van der Waals surface area contributed by atoms with E-state index in [9.17, 15) is 0 Å². The third-order valence-electron chi connectivity index (χ3n) is 3.16. The van der Waals surface area contributed by atoms with Crippen molar-refractivity contribution in [1.82, 2.24) is 10.6 Å². The van der Waals surface area contributed by atoms with Crippen molar-refractivity contribution in [3.8, 4) is 11.1 Å². The van der Waals surface area contributed by atoms with Crippen LogP contribution in [0.25, 0.3) is 11.1 Å². The van der Waals surface area contributed by atoms with Gasteiger partial charge < -0.3 is 28.1 Å². The summed E-state index contributed by atoms with van der Waals surface area (Å²) in [5, 5.41) is 15.2. The van der Waals surface area contributed by atoms with Gasteiger partial charge >= 0.3 is 0 Å². The molecular formula is C17H22ClN2O-. The van der Waals surface area contributed by atoms with Gasteiger partial charge in [0.15, 0.2) is 0 Å². The third kappa shape index (κ3) is 6.27. The minimum Gasteiger partial charge on any atom is -1.00 e. The van der Waals surface area contributed by atoms with Crippen molar-refractivity contribution in [3.63, 3.8) is 0 Å². The Morgan fingerprint density at radius 1 is 0.714 bits per heavy atom. The van der Waals surface area contributed by atoms with Crippen molar-refractivity contribution in [1.29, 1.82) is 0 Å². The first kappa shape index (κ1) is 17.7. The summed E-state index contributed by atoms with van der Waals surface area (Å²) in [6.07, 6.45) is 0. The molecule has 0 heterocycles. The lowest BCUT2D eigenvalue weighted by atomic mass is 10.0. The normalized spacial score (nSPS) is 10.1. The highest BCUT2D eigenvalue weighted by molar-refractivity contribution is 5.63. The molecule has 0 saturated carbocycles. The lowest BCUT2D eigenvalue weighted by Gasteiger charge is -2.07. The molecule has 0 unspecified atom stereocenters. The predicted octanol–water partition coefficient (Wildman–Crippen LogP) is -0.971. The molecule has 3 nitrogen and oxygen atoms in total. The molecule has 3 N–H and O–H groups in total. The molecule has 2 aromatic rings. The molecule has 114 valence electrons. The summed E-state index contributed by atoms with van der Waals surface area (Å²) in [6, 6.07) is 19.1. The summed E-state index contributed by atoms with van der Waals surface area (Å²) in [6.45, 7) is 3.51. The molecule has 0 spiro atoms. The number of aliphatic hydroxyl groups excluding tert-OH is 1. The van der Waals surface area contributed by atoms with Crippen LogP contribution in [0.3, 0.4) is 0 Å². The van der Waals surface area contributed by atoms with Crippen molar-refractivity contribution in [2.75, 3.05) is 26.2 Å². The second-order valence-electron chi connectivity index (χ2n) is 4.71. The summed E-state index contributed by atoms with van der Waals surface area (Å²) in [5.74, 6) is 0. The lowest BCUT2D eigenvalue weighted by Crippen LogP contribution is -3.00. The minimum atomic E-state index is 0. The fraction of sp³-hybridized carbons (Fsp3) is 0.294. The predicted molar refractivity (Wildman–Crippen MR) is 83.5 cm³/mol. The highest BCUT2D eigenvalue weighted by Gasteiger charge is 1.97.